The van der Waals surface area contributed by atoms with Crippen LogP contribution in [0.25, 0.3) is 0 Å². The van der Waals surface area contributed by atoms with Crippen LogP contribution in [0, 0.1) is 11.6 Å². The van der Waals surface area contributed by atoms with Crippen LogP contribution in [0.1, 0.15) is 39.3 Å². The molecule has 0 atom stereocenters. The van der Waals surface area contributed by atoms with Gasteiger partial charge in [-0.25, -0.2) is 8.78 Å². The van der Waals surface area contributed by atoms with Gasteiger partial charge < -0.3 is 10.2 Å². The lowest BCUT2D eigenvalue weighted by molar-refractivity contribution is 0.102. The fourth-order valence-electron chi connectivity index (χ4n) is 3.48. The Kier molecular flexibility index (Phi) is 5.53. The van der Waals surface area contributed by atoms with Gasteiger partial charge in [0.25, 0.3) is 5.91 Å². The van der Waals surface area contributed by atoms with Crippen molar-refractivity contribution in [2.45, 2.75) is 32.7 Å². The van der Waals surface area contributed by atoms with E-state index in [4.69, 9.17) is 0 Å². The van der Waals surface area contributed by atoms with E-state index in [-0.39, 0.29) is 10.9 Å². The van der Waals surface area contributed by atoms with Gasteiger partial charge in [0, 0.05) is 18.3 Å². The van der Waals surface area contributed by atoms with Gasteiger partial charge in [-0.2, -0.15) is 0 Å². The van der Waals surface area contributed by atoms with Crippen LogP contribution in [0.15, 0.2) is 36.4 Å². The number of benzene rings is 2. The van der Waals surface area contributed by atoms with E-state index in [0.29, 0.717) is 41.5 Å². The van der Waals surface area contributed by atoms with Crippen molar-refractivity contribution in [1.82, 2.24) is 10.2 Å². The third-order valence-corrected chi connectivity index (χ3v) is 5.81. The smallest absolute Gasteiger partial charge is 0.286 e. The molecule has 0 aliphatic carbocycles. The van der Waals surface area contributed by atoms with Crippen LogP contribution < -0.4 is 10.2 Å². The van der Waals surface area contributed by atoms with Gasteiger partial charge >= 0.3 is 0 Å². The Hall–Kier alpha value is -2.87. The summed E-state index contributed by atoms with van der Waals surface area (Å²) in [7, 11) is 0. The van der Waals surface area contributed by atoms with Crippen molar-refractivity contribution >= 4 is 28.6 Å². The average molecular weight is 414 g/mol. The maximum Gasteiger partial charge on any atom is 0.286 e. The molecular weight excluding hydrogens is 394 g/mol. The summed E-state index contributed by atoms with van der Waals surface area (Å²) in [5.74, 6) is -1.46. The van der Waals surface area contributed by atoms with E-state index in [1.165, 1.54) is 23.0 Å². The Bertz CT molecular complexity index is 1040. The molecular formula is C21H20F2N4OS. The molecule has 0 fully saturated rings. The molecule has 1 N–H and O–H groups in total. The Balaban J connectivity index is 1.47. The monoisotopic (exact) mass is 414 g/mol. The second-order valence-electron chi connectivity index (χ2n) is 6.93. The minimum atomic E-state index is -0.572. The van der Waals surface area contributed by atoms with E-state index < -0.39 is 11.6 Å². The molecule has 5 nitrogen and oxygen atoms in total. The highest BCUT2D eigenvalue weighted by atomic mass is 32.1. The molecule has 29 heavy (non-hydrogen) atoms. The van der Waals surface area contributed by atoms with E-state index in [0.717, 1.165) is 18.9 Å². The van der Waals surface area contributed by atoms with Gasteiger partial charge in [0.05, 0.1) is 12.2 Å². The zero-order valence-corrected chi connectivity index (χ0v) is 16.7. The molecule has 1 aliphatic rings. The van der Waals surface area contributed by atoms with Crippen LogP contribution in [-0.4, -0.2) is 22.6 Å². The maximum absolute atomic E-state index is 14.3. The van der Waals surface area contributed by atoms with Crippen LogP contribution in [0.2, 0.25) is 0 Å². The van der Waals surface area contributed by atoms with Gasteiger partial charge in [-0.05, 0) is 48.6 Å². The molecule has 1 aliphatic heterocycles. The number of carbonyl (C=O) groups excluding carboxylic acids is 1. The lowest BCUT2D eigenvalue weighted by atomic mass is 10.0. The number of fused-ring (bicyclic) bond motifs is 1. The summed E-state index contributed by atoms with van der Waals surface area (Å²) in [5, 5.41) is 11.7. The second-order valence-corrected chi connectivity index (χ2v) is 7.99. The SMILES string of the molecule is CCc1ccc(NC(=O)c2nnc(CN3CCCc4cc(F)cc(F)c43)s2)cc1. The summed E-state index contributed by atoms with van der Waals surface area (Å²) in [4.78, 5) is 14.3. The highest BCUT2D eigenvalue weighted by molar-refractivity contribution is 7.13. The Labute approximate surface area is 171 Å². The zero-order valence-electron chi connectivity index (χ0n) is 15.9. The maximum atomic E-state index is 14.3. The van der Waals surface area contributed by atoms with Crippen molar-refractivity contribution in [1.29, 1.82) is 0 Å². The molecule has 0 unspecified atom stereocenters. The second kappa shape index (κ2) is 8.24. The van der Waals surface area contributed by atoms with Gasteiger partial charge in [0.2, 0.25) is 5.01 Å². The number of carbonyl (C=O) groups is 1. The van der Waals surface area contributed by atoms with Crippen molar-refractivity contribution < 1.29 is 13.6 Å². The minimum absolute atomic E-state index is 0.247. The summed E-state index contributed by atoms with van der Waals surface area (Å²) >= 11 is 1.17. The number of aromatic nitrogens is 2. The highest BCUT2D eigenvalue weighted by Gasteiger charge is 2.24. The molecule has 1 aromatic heterocycles. The molecule has 1 amide bonds. The summed E-state index contributed by atoms with van der Waals surface area (Å²) in [6.45, 7) is 3.03. The molecule has 2 heterocycles. The number of rotatable bonds is 5. The molecule has 0 saturated carbocycles. The van der Waals surface area contributed by atoms with Crippen molar-refractivity contribution in [2.75, 3.05) is 16.8 Å². The summed E-state index contributed by atoms with van der Waals surface area (Å²) in [5.41, 5.74) is 2.95. The van der Waals surface area contributed by atoms with E-state index >= 15 is 0 Å². The molecule has 2 aromatic carbocycles. The number of nitrogens with zero attached hydrogens (tertiary/aromatic N) is 3. The van der Waals surface area contributed by atoms with Crippen LogP contribution in [-0.2, 0) is 19.4 Å². The number of hydrogen-bond donors (Lipinski definition) is 1. The first kappa shape index (κ1) is 19.4. The van der Waals surface area contributed by atoms with E-state index in [1.54, 1.807) is 0 Å². The summed E-state index contributed by atoms with van der Waals surface area (Å²) in [6, 6.07) is 9.92. The quantitative estimate of drug-likeness (QED) is 0.664. The molecule has 0 bridgehead atoms. The van der Waals surface area contributed by atoms with Gasteiger partial charge in [-0.15, -0.1) is 10.2 Å². The van der Waals surface area contributed by atoms with Crippen molar-refractivity contribution in [3.8, 4) is 0 Å². The first-order valence-electron chi connectivity index (χ1n) is 9.49. The first-order valence-corrected chi connectivity index (χ1v) is 10.3. The number of amides is 1. The van der Waals surface area contributed by atoms with Crippen LogP contribution in [0.4, 0.5) is 20.2 Å². The van der Waals surface area contributed by atoms with E-state index in [1.807, 2.05) is 29.2 Å². The molecule has 0 saturated heterocycles. The van der Waals surface area contributed by atoms with E-state index in [9.17, 15) is 13.6 Å². The van der Waals surface area contributed by atoms with Gasteiger partial charge in [0.1, 0.15) is 16.6 Å². The van der Waals surface area contributed by atoms with Crippen molar-refractivity contribution in [2.24, 2.45) is 0 Å². The predicted molar refractivity (Wildman–Crippen MR) is 109 cm³/mol. The zero-order chi connectivity index (χ0) is 20.4. The number of nitrogens with one attached hydrogen (secondary N) is 1. The average Bonchev–Trinajstić information content (AvgIpc) is 3.17. The molecule has 3 aromatic rings. The fourth-order valence-corrected chi connectivity index (χ4v) is 4.23. The van der Waals surface area contributed by atoms with Gasteiger partial charge in [-0.3, -0.25) is 4.79 Å². The number of anilines is 2. The highest BCUT2D eigenvalue weighted by Crippen LogP contribution is 2.32. The van der Waals surface area contributed by atoms with Crippen LogP contribution in [0.5, 0.6) is 0 Å². The predicted octanol–water partition coefficient (Wildman–Crippen LogP) is 4.58. The molecule has 8 heteroatoms. The largest absolute Gasteiger partial charge is 0.362 e. The molecule has 0 spiro atoms. The molecule has 4 rings (SSSR count). The lowest BCUT2D eigenvalue weighted by Gasteiger charge is -2.30. The molecule has 0 radical (unpaired) electrons. The van der Waals surface area contributed by atoms with Gasteiger partial charge in [0.15, 0.2) is 0 Å². The van der Waals surface area contributed by atoms with Crippen LogP contribution in [0.3, 0.4) is 0 Å². The van der Waals surface area contributed by atoms with E-state index in [2.05, 4.69) is 22.4 Å². The van der Waals surface area contributed by atoms with Gasteiger partial charge in [-0.1, -0.05) is 30.4 Å². The summed E-state index contributed by atoms with van der Waals surface area (Å²) in [6.07, 6.45) is 2.37. The normalized spacial score (nSPS) is 13.3. The van der Waals surface area contributed by atoms with Crippen LogP contribution >= 0.6 is 11.3 Å². The Morgan fingerprint density at radius 1 is 1.21 bits per heavy atom. The third-order valence-electron chi connectivity index (χ3n) is 4.90. The third kappa shape index (κ3) is 4.27. The molecule has 150 valence electrons. The summed E-state index contributed by atoms with van der Waals surface area (Å²) < 4.78 is 27.8. The number of hydrogen-bond acceptors (Lipinski definition) is 5. The topological polar surface area (TPSA) is 58.1 Å². The number of halogens is 2. The fraction of sp³-hybridized carbons (Fsp3) is 0.286. The lowest BCUT2D eigenvalue weighted by Crippen LogP contribution is -2.30. The Morgan fingerprint density at radius 2 is 2.00 bits per heavy atom. The van der Waals surface area contributed by atoms with Crippen molar-refractivity contribution in [3.63, 3.8) is 0 Å². The van der Waals surface area contributed by atoms with Crippen molar-refractivity contribution in [3.05, 3.63) is 69.2 Å². The Morgan fingerprint density at radius 3 is 2.76 bits per heavy atom. The minimum Gasteiger partial charge on any atom is -0.362 e. The standard InChI is InChI=1S/C21H20F2N4OS/c1-2-13-5-7-16(8-6-13)24-20(28)21-26-25-18(29-21)12-27-9-3-4-14-10-15(22)11-17(23)19(14)27/h5-8,10-11H,2-4,9,12H2,1H3,(H,24,28). The number of aryl methyl sites for hydroxylation is 2. The first-order chi connectivity index (χ1) is 14.0.